The quantitative estimate of drug-likeness (QED) is 0.432. The molecule has 4 unspecified atom stereocenters. The molecule has 12 heteroatoms. The molecule has 4 atom stereocenters. The number of aromatic amines is 1. The number of methoxy groups -OCH3 is 1. The smallest absolute Gasteiger partial charge is 0.293 e. The Bertz CT molecular complexity index is 682. The van der Waals surface area contributed by atoms with E-state index in [9.17, 15) is 9.59 Å². The highest BCUT2D eigenvalue weighted by Gasteiger charge is 2.36. The number of carbonyl (C=O) groups excluding carboxylic acids is 2. The number of halogens is 1. The van der Waals surface area contributed by atoms with Gasteiger partial charge in [0.2, 0.25) is 5.82 Å². The number of tetrazole rings is 1. The summed E-state index contributed by atoms with van der Waals surface area (Å²) < 4.78 is 5.47. The Morgan fingerprint density at radius 2 is 2.27 bits per heavy atom. The van der Waals surface area contributed by atoms with Gasteiger partial charge < -0.3 is 20.3 Å². The average Bonchev–Trinajstić information content (AvgIpc) is 3.31. The zero-order valence-corrected chi connectivity index (χ0v) is 15.2. The zero-order valence-electron chi connectivity index (χ0n) is 14.5. The molecule has 3 heterocycles. The van der Waals surface area contributed by atoms with E-state index in [1.54, 1.807) is 12.0 Å². The third kappa shape index (κ3) is 3.78. The predicted molar refractivity (Wildman–Crippen MR) is 91.7 cm³/mol. The summed E-state index contributed by atoms with van der Waals surface area (Å²) in [6, 6.07) is -0.297. The minimum Gasteiger partial charge on any atom is -0.377 e. The van der Waals surface area contributed by atoms with E-state index in [4.69, 9.17) is 16.3 Å². The lowest BCUT2D eigenvalue weighted by Gasteiger charge is -2.37. The Labute approximate surface area is 154 Å². The van der Waals surface area contributed by atoms with E-state index in [1.807, 2.05) is 6.92 Å². The summed E-state index contributed by atoms with van der Waals surface area (Å²) in [6.45, 7) is 2.73. The van der Waals surface area contributed by atoms with Crippen LogP contribution in [0.25, 0.3) is 0 Å². The number of aliphatic imine (C=N–C) groups is 1. The lowest BCUT2D eigenvalue weighted by atomic mass is 10.0. The summed E-state index contributed by atoms with van der Waals surface area (Å²) in [4.78, 5) is 30.5. The van der Waals surface area contributed by atoms with Crippen molar-refractivity contribution in [3.63, 3.8) is 0 Å². The van der Waals surface area contributed by atoms with Crippen LogP contribution in [-0.2, 0) is 9.53 Å². The van der Waals surface area contributed by atoms with Crippen LogP contribution >= 0.6 is 11.6 Å². The molecule has 2 aliphatic rings. The van der Waals surface area contributed by atoms with Crippen molar-refractivity contribution in [2.24, 2.45) is 4.99 Å². The van der Waals surface area contributed by atoms with Crippen LogP contribution in [0, 0.1) is 0 Å². The first-order valence-electron chi connectivity index (χ1n) is 8.38. The summed E-state index contributed by atoms with van der Waals surface area (Å²) >= 11 is 6.10. The van der Waals surface area contributed by atoms with Crippen LogP contribution in [0.4, 0.5) is 0 Å². The van der Waals surface area contributed by atoms with Crippen LogP contribution in [0.1, 0.15) is 30.4 Å². The SMILES string of the molecule is CCC1NC(C(=O)NC2CCN(C(=O)c3nnn[nH]3)CC2OC)=NC1Cl. The van der Waals surface area contributed by atoms with Crippen molar-refractivity contribution in [3.05, 3.63) is 5.82 Å². The van der Waals surface area contributed by atoms with Gasteiger partial charge in [0, 0.05) is 20.2 Å². The van der Waals surface area contributed by atoms with E-state index in [1.165, 1.54) is 0 Å². The summed E-state index contributed by atoms with van der Waals surface area (Å²) in [5.41, 5.74) is -0.450. The van der Waals surface area contributed by atoms with Crippen molar-refractivity contribution >= 4 is 29.3 Å². The van der Waals surface area contributed by atoms with E-state index < -0.39 is 5.50 Å². The lowest BCUT2D eigenvalue weighted by molar-refractivity contribution is -0.117. The van der Waals surface area contributed by atoms with E-state index >= 15 is 0 Å². The number of rotatable bonds is 5. The molecule has 26 heavy (non-hydrogen) atoms. The topological polar surface area (TPSA) is 137 Å². The second-order valence-electron chi connectivity index (χ2n) is 6.15. The molecule has 0 aliphatic carbocycles. The average molecular weight is 385 g/mol. The molecule has 142 valence electrons. The summed E-state index contributed by atoms with van der Waals surface area (Å²) in [5, 5.41) is 18.8. The number of piperidine rings is 1. The molecular weight excluding hydrogens is 364 g/mol. The maximum Gasteiger partial charge on any atom is 0.293 e. The number of hydrogen-bond acceptors (Lipinski definition) is 8. The molecule has 0 bridgehead atoms. The predicted octanol–water partition coefficient (Wildman–Crippen LogP) is -1.11. The molecule has 1 aromatic rings. The van der Waals surface area contributed by atoms with E-state index in [-0.39, 0.29) is 41.7 Å². The highest BCUT2D eigenvalue weighted by molar-refractivity contribution is 6.40. The maximum atomic E-state index is 12.5. The van der Waals surface area contributed by atoms with Crippen LogP contribution in [-0.4, -0.2) is 87.1 Å². The highest BCUT2D eigenvalue weighted by Crippen LogP contribution is 2.17. The summed E-state index contributed by atoms with van der Waals surface area (Å²) in [5.74, 6) is -0.319. The molecule has 1 fully saturated rings. The molecule has 0 aromatic carbocycles. The molecule has 0 radical (unpaired) electrons. The minimum atomic E-state index is -0.450. The van der Waals surface area contributed by atoms with Gasteiger partial charge in [0.15, 0.2) is 5.84 Å². The van der Waals surface area contributed by atoms with Gasteiger partial charge in [0.05, 0.1) is 18.2 Å². The molecule has 11 nitrogen and oxygen atoms in total. The largest absolute Gasteiger partial charge is 0.377 e. The number of amides is 2. The van der Waals surface area contributed by atoms with Gasteiger partial charge in [-0.3, -0.25) is 9.59 Å². The van der Waals surface area contributed by atoms with E-state index in [0.29, 0.717) is 19.5 Å². The first-order valence-corrected chi connectivity index (χ1v) is 8.82. The van der Waals surface area contributed by atoms with Gasteiger partial charge in [-0.1, -0.05) is 18.5 Å². The number of aromatic nitrogens is 4. The number of ether oxygens (including phenoxy) is 1. The van der Waals surface area contributed by atoms with Gasteiger partial charge in [0.1, 0.15) is 5.50 Å². The Hall–Kier alpha value is -2.27. The molecule has 3 rings (SSSR count). The fraction of sp³-hybridized carbons (Fsp3) is 0.714. The lowest BCUT2D eigenvalue weighted by Crippen LogP contribution is -2.57. The van der Waals surface area contributed by atoms with Crippen LogP contribution in [0.2, 0.25) is 0 Å². The van der Waals surface area contributed by atoms with Gasteiger partial charge in [-0.15, -0.1) is 5.10 Å². The van der Waals surface area contributed by atoms with Gasteiger partial charge in [-0.05, 0) is 23.3 Å². The van der Waals surface area contributed by atoms with Gasteiger partial charge in [0.25, 0.3) is 11.8 Å². The number of alkyl halides is 1. The maximum absolute atomic E-state index is 12.5. The highest BCUT2D eigenvalue weighted by atomic mass is 35.5. The van der Waals surface area contributed by atoms with Crippen LogP contribution in [0.5, 0.6) is 0 Å². The van der Waals surface area contributed by atoms with Gasteiger partial charge >= 0.3 is 0 Å². The van der Waals surface area contributed by atoms with Crippen LogP contribution in [0.3, 0.4) is 0 Å². The number of nitrogens with zero attached hydrogens (tertiary/aromatic N) is 5. The molecule has 0 spiro atoms. The van der Waals surface area contributed by atoms with Crippen molar-refractivity contribution in [2.75, 3.05) is 20.2 Å². The molecule has 1 saturated heterocycles. The monoisotopic (exact) mass is 384 g/mol. The van der Waals surface area contributed by atoms with Crippen molar-refractivity contribution in [3.8, 4) is 0 Å². The molecule has 1 aromatic heterocycles. The molecule has 2 amide bonds. The number of carbonyl (C=O) groups is 2. The number of nitrogens with one attached hydrogen (secondary N) is 3. The summed E-state index contributed by atoms with van der Waals surface area (Å²) in [6.07, 6.45) is 0.946. The second-order valence-corrected chi connectivity index (χ2v) is 6.60. The van der Waals surface area contributed by atoms with Gasteiger partial charge in [-0.25, -0.2) is 10.1 Å². The summed E-state index contributed by atoms with van der Waals surface area (Å²) in [7, 11) is 1.54. The fourth-order valence-electron chi connectivity index (χ4n) is 3.06. The van der Waals surface area contributed by atoms with Crippen molar-refractivity contribution in [2.45, 2.75) is 43.5 Å². The van der Waals surface area contributed by atoms with E-state index in [0.717, 1.165) is 6.42 Å². The minimum absolute atomic E-state index is 0.0503. The first-order chi connectivity index (χ1) is 12.5. The number of amidine groups is 1. The first kappa shape index (κ1) is 18.5. The Balaban J connectivity index is 1.59. The second kappa shape index (κ2) is 7.96. The molecule has 2 aliphatic heterocycles. The van der Waals surface area contributed by atoms with Crippen LogP contribution in [0.15, 0.2) is 4.99 Å². The third-order valence-corrected chi connectivity index (χ3v) is 4.98. The molecule has 3 N–H and O–H groups in total. The van der Waals surface area contributed by atoms with Crippen molar-refractivity contribution < 1.29 is 14.3 Å². The Morgan fingerprint density at radius 1 is 1.46 bits per heavy atom. The number of H-pyrrole nitrogens is 1. The normalized spacial score (nSPS) is 28.4. The Morgan fingerprint density at radius 3 is 2.88 bits per heavy atom. The number of likely N-dealkylation sites (tertiary alicyclic amines) is 1. The van der Waals surface area contributed by atoms with Crippen molar-refractivity contribution in [1.29, 1.82) is 0 Å². The standard InChI is InChI=1S/C14H21ClN8O3/c1-3-7-10(15)18-11(16-7)13(24)17-8-4-5-23(6-9(8)26-2)14(25)12-19-21-22-20-12/h7-10H,3-6H2,1-2H3,(H,16,18)(H,17,24)(H,19,20,21,22). The van der Waals surface area contributed by atoms with Crippen LogP contribution < -0.4 is 10.6 Å². The molecular formula is C14H21ClN8O3. The Kier molecular flexibility index (Phi) is 5.67. The number of hydrogen-bond donors (Lipinski definition) is 3. The van der Waals surface area contributed by atoms with E-state index in [2.05, 4.69) is 36.3 Å². The van der Waals surface area contributed by atoms with Gasteiger partial charge in [-0.2, -0.15) is 0 Å². The third-order valence-electron chi connectivity index (χ3n) is 4.57. The molecule has 0 saturated carbocycles. The fourth-order valence-corrected chi connectivity index (χ4v) is 3.40. The zero-order chi connectivity index (χ0) is 18.7. The van der Waals surface area contributed by atoms with Crippen molar-refractivity contribution in [1.82, 2.24) is 36.2 Å².